The van der Waals surface area contributed by atoms with Gasteiger partial charge >= 0.3 is 0 Å². The van der Waals surface area contributed by atoms with E-state index in [2.05, 4.69) is 17.5 Å². The number of carbonyl (C=O) groups is 1. The van der Waals surface area contributed by atoms with Gasteiger partial charge in [-0.25, -0.2) is 5.43 Å². The molecule has 0 radical (unpaired) electrons. The second-order valence-electron chi connectivity index (χ2n) is 6.53. The summed E-state index contributed by atoms with van der Waals surface area (Å²) in [7, 11) is 3.20. The highest BCUT2D eigenvalue weighted by atomic mass is 16.5. The molecule has 26 heavy (non-hydrogen) atoms. The first-order valence-corrected chi connectivity index (χ1v) is 9.67. The van der Waals surface area contributed by atoms with Crippen LogP contribution in [0.4, 0.5) is 0 Å². The van der Waals surface area contributed by atoms with Crippen LogP contribution in [-0.4, -0.2) is 25.8 Å². The van der Waals surface area contributed by atoms with Gasteiger partial charge in [0.25, 0.3) is 0 Å². The van der Waals surface area contributed by atoms with Crippen molar-refractivity contribution in [3.63, 3.8) is 0 Å². The van der Waals surface area contributed by atoms with Crippen LogP contribution in [0.3, 0.4) is 0 Å². The van der Waals surface area contributed by atoms with E-state index in [9.17, 15) is 4.79 Å². The van der Waals surface area contributed by atoms with Crippen molar-refractivity contribution < 1.29 is 14.3 Å². The molecular formula is C21H34N2O3. The number of benzene rings is 1. The van der Waals surface area contributed by atoms with Crippen LogP contribution in [0, 0.1) is 0 Å². The van der Waals surface area contributed by atoms with Crippen LogP contribution in [0.15, 0.2) is 23.3 Å². The van der Waals surface area contributed by atoms with Crippen LogP contribution in [-0.2, 0) is 4.79 Å². The van der Waals surface area contributed by atoms with Gasteiger partial charge < -0.3 is 9.47 Å². The molecule has 0 saturated heterocycles. The lowest BCUT2D eigenvalue weighted by Gasteiger charge is -2.09. The van der Waals surface area contributed by atoms with Crippen molar-refractivity contribution in [3.8, 4) is 11.5 Å². The first-order valence-electron chi connectivity index (χ1n) is 9.67. The number of carbonyl (C=O) groups excluding carboxylic acids is 1. The molecule has 0 bridgehead atoms. The van der Waals surface area contributed by atoms with Crippen LogP contribution in [0.5, 0.6) is 11.5 Å². The fourth-order valence-electron chi connectivity index (χ4n) is 2.75. The Morgan fingerprint density at radius 1 is 0.962 bits per heavy atom. The standard InChI is InChI=1S/C21H34N2O3/c1-5-6-7-8-9-10-11-12-13-21(24)23-22-17(2)18-14-15-19(25-3)20(16-18)26-4/h14-16H,5-13H2,1-4H3,(H,23,24). The van der Waals surface area contributed by atoms with Crippen LogP contribution >= 0.6 is 0 Å². The summed E-state index contributed by atoms with van der Waals surface area (Å²) in [5.74, 6) is 1.28. The van der Waals surface area contributed by atoms with Gasteiger partial charge in [0.1, 0.15) is 0 Å². The highest BCUT2D eigenvalue weighted by Gasteiger charge is 2.07. The van der Waals surface area contributed by atoms with Crippen LogP contribution in [0.1, 0.15) is 77.2 Å². The maximum absolute atomic E-state index is 11.9. The maximum atomic E-state index is 11.9. The number of amides is 1. The zero-order valence-corrected chi connectivity index (χ0v) is 16.8. The number of hydrogen-bond acceptors (Lipinski definition) is 4. The number of nitrogens with zero attached hydrogens (tertiary/aromatic N) is 1. The van der Waals surface area contributed by atoms with E-state index in [-0.39, 0.29) is 5.91 Å². The summed E-state index contributed by atoms with van der Waals surface area (Å²) in [6.07, 6.45) is 10.3. The summed E-state index contributed by atoms with van der Waals surface area (Å²) in [4.78, 5) is 11.9. The van der Waals surface area contributed by atoms with E-state index in [4.69, 9.17) is 9.47 Å². The number of nitrogens with one attached hydrogen (secondary N) is 1. The fraction of sp³-hybridized carbons (Fsp3) is 0.619. The topological polar surface area (TPSA) is 59.9 Å². The van der Waals surface area contributed by atoms with Gasteiger partial charge in [-0.3, -0.25) is 4.79 Å². The van der Waals surface area contributed by atoms with Gasteiger partial charge in [-0.2, -0.15) is 5.10 Å². The third-order valence-corrected chi connectivity index (χ3v) is 4.41. The molecule has 1 amide bonds. The average molecular weight is 363 g/mol. The van der Waals surface area contributed by atoms with Gasteiger partial charge in [0.2, 0.25) is 5.91 Å². The zero-order chi connectivity index (χ0) is 19.2. The van der Waals surface area contributed by atoms with E-state index in [0.29, 0.717) is 17.9 Å². The molecule has 0 heterocycles. The predicted octanol–water partition coefficient (Wildman–Crippen LogP) is 5.07. The molecule has 0 spiro atoms. The summed E-state index contributed by atoms with van der Waals surface area (Å²) in [6.45, 7) is 4.09. The molecule has 5 nitrogen and oxygen atoms in total. The number of ether oxygens (including phenoxy) is 2. The SMILES string of the molecule is CCCCCCCCCCC(=O)NN=C(C)c1ccc(OC)c(OC)c1. The Morgan fingerprint density at radius 3 is 2.19 bits per heavy atom. The Morgan fingerprint density at radius 2 is 1.58 bits per heavy atom. The summed E-state index contributed by atoms with van der Waals surface area (Å²) >= 11 is 0. The van der Waals surface area contributed by atoms with Crippen LogP contribution < -0.4 is 14.9 Å². The van der Waals surface area contributed by atoms with Gasteiger partial charge in [-0.1, -0.05) is 51.9 Å². The fourth-order valence-corrected chi connectivity index (χ4v) is 2.75. The van der Waals surface area contributed by atoms with Crippen molar-refractivity contribution in [2.45, 2.75) is 71.6 Å². The minimum Gasteiger partial charge on any atom is -0.493 e. The predicted molar refractivity (Wildman–Crippen MR) is 107 cm³/mol. The Bertz CT molecular complexity index is 570. The van der Waals surface area contributed by atoms with Gasteiger partial charge in [0.05, 0.1) is 19.9 Å². The molecule has 0 aliphatic rings. The lowest BCUT2D eigenvalue weighted by atomic mass is 10.1. The Kier molecular flexibility index (Phi) is 11.2. The smallest absolute Gasteiger partial charge is 0.240 e. The largest absolute Gasteiger partial charge is 0.493 e. The van der Waals surface area contributed by atoms with E-state index in [1.54, 1.807) is 14.2 Å². The molecule has 1 N–H and O–H groups in total. The third-order valence-electron chi connectivity index (χ3n) is 4.41. The van der Waals surface area contributed by atoms with Crippen molar-refractivity contribution in [1.29, 1.82) is 0 Å². The molecule has 0 aliphatic heterocycles. The van der Waals surface area contributed by atoms with E-state index < -0.39 is 0 Å². The molecule has 1 aromatic rings. The van der Waals surface area contributed by atoms with Gasteiger partial charge in [0.15, 0.2) is 11.5 Å². The Hall–Kier alpha value is -2.04. The minimum atomic E-state index is -0.0317. The summed E-state index contributed by atoms with van der Waals surface area (Å²) in [5.41, 5.74) is 4.26. The third kappa shape index (κ3) is 8.37. The van der Waals surface area contributed by atoms with Gasteiger partial charge in [-0.15, -0.1) is 0 Å². The normalized spacial score (nSPS) is 11.3. The summed E-state index contributed by atoms with van der Waals surface area (Å²) in [5, 5.41) is 4.19. The summed E-state index contributed by atoms with van der Waals surface area (Å²) < 4.78 is 10.5. The second kappa shape index (κ2) is 13.2. The number of rotatable bonds is 13. The van der Waals surface area contributed by atoms with Crippen LogP contribution in [0.25, 0.3) is 0 Å². The zero-order valence-electron chi connectivity index (χ0n) is 16.8. The molecule has 0 fully saturated rings. The van der Waals surface area contributed by atoms with Gasteiger partial charge in [0, 0.05) is 12.0 Å². The number of hydrazone groups is 1. The lowest BCUT2D eigenvalue weighted by Crippen LogP contribution is -2.18. The average Bonchev–Trinajstić information content (AvgIpc) is 2.67. The number of methoxy groups -OCH3 is 2. The molecule has 0 unspecified atom stereocenters. The van der Waals surface area contributed by atoms with Crippen molar-refractivity contribution in [2.75, 3.05) is 14.2 Å². The van der Waals surface area contributed by atoms with E-state index in [0.717, 1.165) is 24.1 Å². The van der Waals surface area contributed by atoms with Crippen molar-refractivity contribution in [1.82, 2.24) is 5.43 Å². The molecule has 146 valence electrons. The molecule has 0 aromatic heterocycles. The Balaban J connectivity index is 2.32. The van der Waals surface area contributed by atoms with Crippen molar-refractivity contribution >= 4 is 11.6 Å². The molecule has 1 aromatic carbocycles. The highest BCUT2D eigenvalue weighted by molar-refractivity contribution is 5.99. The van der Waals surface area contributed by atoms with E-state index >= 15 is 0 Å². The number of hydrogen-bond donors (Lipinski definition) is 1. The minimum absolute atomic E-state index is 0.0317. The quantitative estimate of drug-likeness (QED) is 0.302. The second-order valence-corrected chi connectivity index (χ2v) is 6.53. The van der Waals surface area contributed by atoms with Crippen LogP contribution in [0.2, 0.25) is 0 Å². The maximum Gasteiger partial charge on any atom is 0.240 e. The van der Waals surface area contributed by atoms with Gasteiger partial charge in [-0.05, 0) is 31.5 Å². The summed E-state index contributed by atoms with van der Waals surface area (Å²) in [6, 6.07) is 5.57. The number of unbranched alkanes of at least 4 members (excludes halogenated alkanes) is 7. The molecule has 5 heteroatoms. The van der Waals surface area contributed by atoms with E-state index in [1.807, 2.05) is 25.1 Å². The first kappa shape index (κ1) is 22.0. The monoisotopic (exact) mass is 362 g/mol. The molecular weight excluding hydrogens is 328 g/mol. The van der Waals surface area contributed by atoms with E-state index in [1.165, 1.54) is 38.5 Å². The lowest BCUT2D eigenvalue weighted by molar-refractivity contribution is -0.121. The molecule has 0 saturated carbocycles. The molecule has 0 atom stereocenters. The molecule has 0 aliphatic carbocycles. The van der Waals surface area contributed by atoms with Crippen molar-refractivity contribution in [3.05, 3.63) is 23.8 Å². The first-order chi connectivity index (χ1) is 12.6. The van der Waals surface area contributed by atoms with Crippen molar-refractivity contribution in [2.24, 2.45) is 5.10 Å². The Labute approximate surface area is 158 Å². The highest BCUT2D eigenvalue weighted by Crippen LogP contribution is 2.27. The molecule has 1 rings (SSSR count).